The van der Waals surface area contributed by atoms with E-state index in [2.05, 4.69) is 5.32 Å². The van der Waals surface area contributed by atoms with Gasteiger partial charge < -0.3 is 5.32 Å². The van der Waals surface area contributed by atoms with Crippen LogP contribution >= 0.6 is 11.6 Å². The smallest absolute Gasteiger partial charge is 0.144 e. The number of hydrogen-bond acceptors (Lipinski definition) is 1. The van der Waals surface area contributed by atoms with Gasteiger partial charge in [0.2, 0.25) is 0 Å². The average Bonchev–Trinajstić information content (AvgIpc) is 2.26. The molecule has 0 atom stereocenters. The van der Waals surface area contributed by atoms with Crippen LogP contribution in [0.15, 0.2) is 12.1 Å². The SMILES string of the molecule is Cc1cc(C2CCNCC2)cc(Cl)c1F. The van der Waals surface area contributed by atoms with Crippen LogP contribution in [0.25, 0.3) is 0 Å². The van der Waals surface area contributed by atoms with Crippen LogP contribution in [0.1, 0.15) is 29.9 Å². The topological polar surface area (TPSA) is 12.0 Å². The predicted octanol–water partition coefficient (Wildman–Crippen LogP) is 3.25. The third-order valence-electron chi connectivity index (χ3n) is 3.04. The molecule has 1 aliphatic rings. The second kappa shape index (κ2) is 4.50. The Morgan fingerprint density at radius 3 is 2.60 bits per heavy atom. The van der Waals surface area contributed by atoms with E-state index in [0.29, 0.717) is 11.5 Å². The van der Waals surface area contributed by atoms with E-state index in [4.69, 9.17) is 11.6 Å². The molecular weight excluding hydrogens is 213 g/mol. The van der Waals surface area contributed by atoms with Crippen LogP contribution in [0.4, 0.5) is 4.39 Å². The summed E-state index contributed by atoms with van der Waals surface area (Å²) in [7, 11) is 0. The predicted molar refractivity (Wildman–Crippen MR) is 61.0 cm³/mol. The summed E-state index contributed by atoms with van der Waals surface area (Å²) in [6.45, 7) is 3.85. The van der Waals surface area contributed by atoms with E-state index in [9.17, 15) is 4.39 Å². The van der Waals surface area contributed by atoms with Gasteiger partial charge in [-0.25, -0.2) is 4.39 Å². The molecule has 1 N–H and O–H groups in total. The van der Waals surface area contributed by atoms with E-state index in [-0.39, 0.29) is 10.8 Å². The van der Waals surface area contributed by atoms with E-state index in [1.807, 2.05) is 6.07 Å². The number of benzene rings is 1. The molecule has 1 aromatic rings. The van der Waals surface area contributed by atoms with Crippen molar-refractivity contribution in [3.05, 3.63) is 34.1 Å². The molecule has 1 fully saturated rings. The Balaban J connectivity index is 2.27. The van der Waals surface area contributed by atoms with Crippen molar-refractivity contribution >= 4 is 11.6 Å². The Hall–Kier alpha value is -0.600. The molecule has 0 amide bonds. The van der Waals surface area contributed by atoms with Crippen molar-refractivity contribution in [1.29, 1.82) is 0 Å². The lowest BCUT2D eigenvalue weighted by Crippen LogP contribution is -2.26. The summed E-state index contributed by atoms with van der Waals surface area (Å²) in [5.74, 6) is 0.248. The van der Waals surface area contributed by atoms with Crippen LogP contribution < -0.4 is 5.32 Å². The Labute approximate surface area is 94.6 Å². The monoisotopic (exact) mass is 227 g/mol. The van der Waals surface area contributed by atoms with Crippen LogP contribution in [0, 0.1) is 12.7 Å². The van der Waals surface area contributed by atoms with Crippen molar-refractivity contribution in [2.45, 2.75) is 25.7 Å². The number of nitrogens with one attached hydrogen (secondary N) is 1. The highest BCUT2D eigenvalue weighted by atomic mass is 35.5. The van der Waals surface area contributed by atoms with E-state index in [1.54, 1.807) is 13.0 Å². The van der Waals surface area contributed by atoms with Crippen LogP contribution in [-0.2, 0) is 0 Å². The molecule has 1 nitrogen and oxygen atoms in total. The molecule has 0 spiro atoms. The van der Waals surface area contributed by atoms with Gasteiger partial charge in [-0.3, -0.25) is 0 Å². The molecule has 1 aromatic carbocycles. The minimum atomic E-state index is -0.283. The first kappa shape index (κ1) is 10.9. The van der Waals surface area contributed by atoms with Gasteiger partial charge in [0.05, 0.1) is 5.02 Å². The van der Waals surface area contributed by atoms with Gasteiger partial charge in [0.1, 0.15) is 5.82 Å². The minimum absolute atomic E-state index is 0.253. The summed E-state index contributed by atoms with van der Waals surface area (Å²) in [6, 6.07) is 3.71. The quantitative estimate of drug-likeness (QED) is 0.777. The standard InChI is InChI=1S/C12H15ClFN/c1-8-6-10(7-11(13)12(8)14)9-2-4-15-5-3-9/h6-7,9,15H,2-5H2,1H3. The first-order valence-corrected chi connectivity index (χ1v) is 5.72. The first-order chi connectivity index (χ1) is 7.18. The Bertz CT molecular complexity index is 336. The van der Waals surface area contributed by atoms with Gasteiger partial charge in [-0.05, 0) is 56.0 Å². The lowest BCUT2D eigenvalue weighted by atomic mass is 9.89. The van der Waals surface area contributed by atoms with Gasteiger partial charge in [-0.1, -0.05) is 17.7 Å². The highest BCUT2D eigenvalue weighted by Gasteiger charge is 2.17. The average molecular weight is 228 g/mol. The molecule has 0 aromatic heterocycles. The normalized spacial score (nSPS) is 18.1. The molecular formula is C12H15ClFN. The van der Waals surface area contributed by atoms with Crippen LogP contribution in [0.5, 0.6) is 0 Å². The zero-order chi connectivity index (χ0) is 10.8. The molecule has 3 heteroatoms. The van der Waals surface area contributed by atoms with Crippen molar-refractivity contribution in [3.63, 3.8) is 0 Å². The molecule has 0 bridgehead atoms. The third kappa shape index (κ3) is 2.32. The number of halogens is 2. The summed E-state index contributed by atoms with van der Waals surface area (Å²) in [5, 5.41) is 3.57. The van der Waals surface area contributed by atoms with Gasteiger partial charge in [0.15, 0.2) is 0 Å². The third-order valence-corrected chi connectivity index (χ3v) is 3.32. The van der Waals surface area contributed by atoms with Crippen molar-refractivity contribution in [2.24, 2.45) is 0 Å². The number of rotatable bonds is 1. The number of hydrogen-bond donors (Lipinski definition) is 1. The lowest BCUT2D eigenvalue weighted by Gasteiger charge is -2.23. The van der Waals surface area contributed by atoms with Crippen LogP contribution in [-0.4, -0.2) is 13.1 Å². The van der Waals surface area contributed by atoms with Crippen LogP contribution in [0.3, 0.4) is 0 Å². The van der Waals surface area contributed by atoms with E-state index >= 15 is 0 Å². The van der Waals surface area contributed by atoms with Gasteiger partial charge in [-0.2, -0.15) is 0 Å². The van der Waals surface area contributed by atoms with Crippen molar-refractivity contribution in [2.75, 3.05) is 13.1 Å². The van der Waals surface area contributed by atoms with Gasteiger partial charge >= 0.3 is 0 Å². The van der Waals surface area contributed by atoms with E-state index in [0.717, 1.165) is 25.9 Å². The maximum absolute atomic E-state index is 13.3. The van der Waals surface area contributed by atoms with Crippen LogP contribution in [0.2, 0.25) is 5.02 Å². The number of piperidine rings is 1. The Morgan fingerprint density at radius 1 is 1.33 bits per heavy atom. The summed E-state index contributed by atoms with van der Waals surface area (Å²) < 4.78 is 13.3. The molecule has 1 heterocycles. The second-order valence-electron chi connectivity index (χ2n) is 4.16. The number of aryl methyl sites for hydroxylation is 1. The molecule has 0 saturated carbocycles. The maximum Gasteiger partial charge on any atom is 0.144 e. The van der Waals surface area contributed by atoms with Crippen molar-refractivity contribution in [1.82, 2.24) is 5.32 Å². The maximum atomic E-state index is 13.3. The van der Waals surface area contributed by atoms with Gasteiger partial charge in [-0.15, -0.1) is 0 Å². The van der Waals surface area contributed by atoms with Gasteiger partial charge in [0, 0.05) is 0 Å². The second-order valence-corrected chi connectivity index (χ2v) is 4.57. The lowest BCUT2D eigenvalue weighted by molar-refractivity contribution is 0.459. The highest BCUT2D eigenvalue weighted by molar-refractivity contribution is 6.30. The summed E-state index contributed by atoms with van der Waals surface area (Å²) in [6.07, 6.45) is 2.23. The molecule has 0 aliphatic carbocycles. The molecule has 0 unspecified atom stereocenters. The zero-order valence-corrected chi connectivity index (χ0v) is 9.57. The molecule has 15 heavy (non-hydrogen) atoms. The molecule has 1 aliphatic heterocycles. The Kier molecular flexibility index (Phi) is 3.27. The van der Waals surface area contributed by atoms with Crippen molar-refractivity contribution in [3.8, 4) is 0 Å². The summed E-state index contributed by atoms with van der Waals surface area (Å²) >= 11 is 5.85. The fraction of sp³-hybridized carbons (Fsp3) is 0.500. The van der Waals surface area contributed by atoms with E-state index < -0.39 is 0 Å². The fourth-order valence-corrected chi connectivity index (χ4v) is 2.42. The first-order valence-electron chi connectivity index (χ1n) is 5.34. The summed E-state index contributed by atoms with van der Waals surface area (Å²) in [5.41, 5.74) is 1.83. The fourth-order valence-electron chi connectivity index (χ4n) is 2.14. The molecule has 2 rings (SSSR count). The highest BCUT2D eigenvalue weighted by Crippen LogP contribution is 2.30. The zero-order valence-electron chi connectivity index (χ0n) is 8.82. The van der Waals surface area contributed by atoms with Gasteiger partial charge in [0.25, 0.3) is 0 Å². The van der Waals surface area contributed by atoms with E-state index in [1.165, 1.54) is 5.56 Å². The molecule has 82 valence electrons. The molecule has 1 saturated heterocycles. The largest absolute Gasteiger partial charge is 0.317 e. The minimum Gasteiger partial charge on any atom is -0.317 e. The Morgan fingerprint density at radius 2 is 2.00 bits per heavy atom. The van der Waals surface area contributed by atoms with Crippen molar-refractivity contribution < 1.29 is 4.39 Å². The summed E-state index contributed by atoms with van der Waals surface area (Å²) in [4.78, 5) is 0. The molecule has 0 radical (unpaired) electrons.